The highest BCUT2D eigenvalue weighted by Crippen LogP contribution is 2.27. The maximum atomic E-state index is 10.9. The molecule has 0 aromatic carbocycles. The van der Waals surface area contributed by atoms with Gasteiger partial charge in [-0.25, -0.2) is 0 Å². The van der Waals surface area contributed by atoms with E-state index in [1.165, 1.54) is 12.8 Å². The molecule has 0 aliphatic heterocycles. The van der Waals surface area contributed by atoms with E-state index in [1.807, 2.05) is 0 Å². The molecule has 3 heteroatoms. The zero-order chi connectivity index (χ0) is 9.26. The Kier molecular flexibility index (Phi) is 2.54. The number of nitrogens with one attached hydrogen (secondary N) is 1. The van der Waals surface area contributed by atoms with Gasteiger partial charge in [0.25, 0.3) is 0 Å². The molecule has 2 saturated carbocycles. The summed E-state index contributed by atoms with van der Waals surface area (Å²) in [4.78, 5) is 10.9. The summed E-state index contributed by atoms with van der Waals surface area (Å²) in [5.74, 6) is 0.0436. The minimum atomic E-state index is -0.107. The van der Waals surface area contributed by atoms with Crippen LogP contribution in [0.1, 0.15) is 38.5 Å². The highest BCUT2D eigenvalue weighted by Gasteiger charge is 2.29. The van der Waals surface area contributed by atoms with E-state index >= 15 is 0 Å². The third-order valence-corrected chi connectivity index (χ3v) is 3.18. The summed E-state index contributed by atoms with van der Waals surface area (Å²) in [6.45, 7) is 0. The van der Waals surface area contributed by atoms with Crippen molar-refractivity contribution in [3.63, 3.8) is 0 Å². The molecular formula is C10H18N2O. The molecule has 0 spiro atoms. The first-order valence-corrected chi connectivity index (χ1v) is 5.31. The smallest absolute Gasteiger partial charge is 0.220 e. The van der Waals surface area contributed by atoms with Crippen molar-refractivity contribution in [1.29, 1.82) is 0 Å². The Balaban J connectivity index is 1.71. The lowest BCUT2D eigenvalue weighted by atomic mass is 9.85. The quantitative estimate of drug-likeness (QED) is 0.677. The van der Waals surface area contributed by atoms with Crippen LogP contribution in [0.4, 0.5) is 0 Å². The third kappa shape index (κ3) is 2.44. The molecular weight excluding hydrogens is 164 g/mol. The average molecular weight is 182 g/mol. The van der Waals surface area contributed by atoms with Gasteiger partial charge in [-0.1, -0.05) is 0 Å². The molecule has 0 heterocycles. The second-order valence-corrected chi connectivity index (χ2v) is 4.39. The molecule has 2 fully saturated rings. The molecule has 2 aliphatic rings. The lowest BCUT2D eigenvalue weighted by Gasteiger charge is -2.27. The van der Waals surface area contributed by atoms with Crippen molar-refractivity contribution < 1.29 is 4.79 Å². The molecule has 2 aliphatic carbocycles. The highest BCUT2D eigenvalue weighted by molar-refractivity contribution is 5.76. The Bertz CT molecular complexity index is 193. The fraction of sp³-hybridized carbons (Fsp3) is 0.900. The van der Waals surface area contributed by atoms with E-state index in [4.69, 9.17) is 5.73 Å². The average Bonchev–Trinajstić information content (AvgIpc) is 2.89. The number of primary amides is 1. The molecule has 0 aromatic heterocycles. The molecule has 0 aromatic rings. The van der Waals surface area contributed by atoms with E-state index in [-0.39, 0.29) is 11.8 Å². The third-order valence-electron chi connectivity index (χ3n) is 3.18. The van der Waals surface area contributed by atoms with Crippen LogP contribution < -0.4 is 11.1 Å². The molecule has 2 rings (SSSR count). The van der Waals surface area contributed by atoms with Crippen molar-refractivity contribution in [2.45, 2.75) is 50.6 Å². The summed E-state index contributed by atoms with van der Waals surface area (Å²) < 4.78 is 0. The second kappa shape index (κ2) is 3.66. The molecule has 0 atom stereocenters. The summed E-state index contributed by atoms with van der Waals surface area (Å²) in [7, 11) is 0. The van der Waals surface area contributed by atoms with Crippen LogP contribution in [0.25, 0.3) is 0 Å². The number of hydrogen-bond acceptors (Lipinski definition) is 2. The predicted molar refractivity (Wildman–Crippen MR) is 51.1 cm³/mol. The fourth-order valence-corrected chi connectivity index (χ4v) is 2.13. The predicted octanol–water partition coefficient (Wildman–Crippen LogP) is 0.782. The molecule has 3 N–H and O–H groups in total. The molecule has 0 bridgehead atoms. The van der Waals surface area contributed by atoms with E-state index in [9.17, 15) is 4.79 Å². The zero-order valence-electron chi connectivity index (χ0n) is 7.96. The van der Waals surface area contributed by atoms with Crippen molar-refractivity contribution in [1.82, 2.24) is 5.32 Å². The van der Waals surface area contributed by atoms with Crippen LogP contribution >= 0.6 is 0 Å². The monoisotopic (exact) mass is 182 g/mol. The summed E-state index contributed by atoms with van der Waals surface area (Å²) in [5.41, 5.74) is 5.27. The maximum absolute atomic E-state index is 10.9. The van der Waals surface area contributed by atoms with E-state index < -0.39 is 0 Å². The lowest BCUT2D eigenvalue weighted by molar-refractivity contribution is -0.122. The van der Waals surface area contributed by atoms with Crippen LogP contribution in [0.5, 0.6) is 0 Å². The molecule has 74 valence electrons. The number of carbonyl (C=O) groups is 1. The van der Waals surface area contributed by atoms with Gasteiger partial charge in [0.1, 0.15) is 0 Å². The highest BCUT2D eigenvalue weighted by atomic mass is 16.1. The number of carbonyl (C=O) groups excluding carboxylic acids is 1. The number of rotatable bonds is 3. The maximum Gasteiger partial charge on any atom is 0.220 e. The van der Waals surface area contributed by atoms with Gasteiger partial charge in [-0.05, 0) is 38.5 Å². The Hall–Kier alpha value is -0.570. The van der Waals surface area contributed by atoms with Crippen molar-refractivity contribution in [2.24, 2.45) is 11.7 Å². The molecule has 0 unspecified atom stereocenters. The largest absolute Gasteiger partial charge is 0.369 e. The summed E-state index contributed by atoms with van der Waals surface area (Å²) in [6, 6.07) is 1.44. The van der Waals surface area contributed by atoms with Gasteiger partial charge in [-0.3, -0.25) is 4.79 Å². The van der Waals surface area contributed by atoms with Crippen LogP contribution in [0.15, 0.2) is 0 Å². The Labute approximate surface area is 79.1 Å². The Morgan fingerprint density at radius 1 is 1.00 bits per heavy atom. The van der Waals surface area contributed by atoms with Gasteiger partial charge in [-0.15, -0.1) is 0 Å². The molecule has 0 saturated heterocycles. The van der Waals surface area contributed by atoms with E-state index in [0.29, 0.717) is 6.04 Å². The van der Waals surface area contributed by atoms with Crippen LogP contribution in [-0.4, -0.2) is 18.0 Å². The fourth-order valence-electron chi connectivity index (χ4n) is 2.13. The normalized spacial score (nSPS) is 34.5. The van der Waals surface area contributed by atoms with Crippen LogP contribution in [0.3, 0.4) is 0 Å². The summed E-state index contributed by atoms with van der Waals surface area (Å²) >= 11 is 0. The Morgan fingerprint density at radius 2 is 1.46 bits per heavy atom. The first kappa shape index (κ1) is 9.00. The molecule has 3 nitrogen and oxygen atoms in total. The van der Waals surface area contributed by atoms with Crippen molar-refractivity contribution in [3.8, 4) is 0 Å². The van der Waals surface area contributed by atoms with Gasteiger partial charge < -0.3 is 11.1 Å². The number of amides is 1. The van der Waals surface area contributed by atoms with Crippen molar-refractivity contribution in [2.75, 3.05) is 0 Å². The van der Waals surface area contributed by atoms with Crippen LogP contribution in [0.2, 0.25) is 0 Å². The lowest BCUT2D eigenvalue weighted by Crippen LogP contribution is -2.37. The SMILES string of the molecule is NC(=O)C1CCC(NC2CC2)CC1. The Morgan fingerprint density at radius 3 is 1.85 bits per heavy atom. The molecule has 13 heavy (non-hydrogen) atoms. The standard InChI is InChI=1S/C10H18N2O/c11-10(13)7-1-3-8(4-2-7)12-9-5-6-9/h7-9,12H,1-6H2,(H2,11,13). The minimum absolute atomic E-state index is 0.107. The zero-order valence-corrected chi connectivity index (χ0v) is 7.96. The van der Waals surface area contributed by atoms with E-state index in [2.05, 4.69) is 5.32 Å². The van der Waals surface area contributed by atoms with Gasteiger partial charge in [0, 0.05) is 18.0 Å². The van der Waals surface area contributed by atoms with Crippen LogP contribution in [0, 0.1) is 5.92 Å². The summed E-state index contributed by atoms with van der Waals surface area (Å²) in [5, 5.41) is 3.60. The van der Waals surface area contributed by atoms with Gasteiger partial charge in [0.2, 0.25) is 5.91 Å². The van der Waals surface area contributed by atoms with E-state index in [0.717, 1.165) is 31.7 Å². The van der Waals surface area contributed by atoms with Crippen molar-refractivity contribution >= 4 is 5.91 Å². The van der Waals surface area contributed by atoms with Crippen LogP contribution in [-0.2, 0) is 4.79 Å². The van der Waals surface area contributed by atoms with Gasteiger partial charge in [0.15, 0.2) is 0 Å². The second-order valence-electron chi connectivity index (χ2n) is 4.39. The number of hydrogen-bond donors (Lipinski definition) is 2. The molecule has 1 amide bonds. The van der Waals surface area contributed by atoms with Crippen molar-refractivity contribution in [3.05, 3.63) is 0 Å². The first-order valence-electron chi connectivity index (χ1n) is 5.31. The summed E-state index contributed by atoms with van der Waals surface area (Å²) in [6.07, 6.45) is 6.92. The molecule has 0 radical (unpaired) electrons. The van der Waals surface area contributed by atoms with E-state index in [1.54, 1.807) is 0 Å². The topological polar surface area (TPSA) is 55.1 Å². The number of nitrogens with two attached hydrogens (primary N) is 1. The van der Waals surface area contributed by atoms with Gasteiger partial charge in [0.05, 0.1) is 0 Å². The van der Waals surface area contributed by atoms with Gasteiger partial charge >= 0.3 is 0 Å². The van der Waals surface area contributed by atoms with Gasteiger partial charge in [-0.2, -0.15) is 0 Å². The first-order chi connectivity index (χ1) is 6.25. The minimum Gasteiger partial charge on any atom is -0.369 e.